The van der Waals surface area contributed by atoms with E-state index in [2.05, 4.69) is 10.0 Å². The maximum atomic E-state index is 12.4. The van der Waals surface area contributed by atoms with Crippen LogP contribution in [-0.2, 0) is 10.0 Å². The van der Waals surface area contributed by atoms with Gasteiger partial charge in [-0.2, -0.15) is 11.8 Å². The van der Waals surface area contributed by atoms with Crippen molar-refractivity contribution in [2.24, 2.45) is 0 Å². The summed E-state index contributed by atoms with van der Waals surface area (Å²) in [4.78, 5) is 10.2. The quantitative estimate of drug-likeness (QED) is 0.630. The SMILES string of the molecule is CNc1cc([N+](=O)[O-])ccc1S(=O)(=O)NC1CCCSC1. The van der Waals surface area contributed by atoms with Gasteiger partial charge in [0.25, 0.3) is 5.69 Å². The third-order valence-electron chi connectivity index (χ3n) is 3.21. The number of thioether (sulfide) groups is 1. The minimum absolute atomic E-state index is 0.0335. The summed E-state index contributed by atoms with van der Waals surface area (Å²) in [6.07, 6.45) is 1.80. The van der Waals surface area contributed by atoms with E-state index < -0.39 is 14.9 Å². The molecule has 116 valence electrons. The minimum atomic E-state index is -3.69. The molecule has 21 heavy (non-hydrogen) atoms. The number of rotatable bonds is 5. The van der Waals surface area contributed by atoms with Crippen LogP contribution in [0.15, 0.2) is 23.1 Å². The monoisotopic (exact) mass is 331 g/mol. The van der Waals surface area contributed by atoms with E-state index in [1.165, 1.54) is 25.2 Å². The molecule has 0 spiro atoms. The van der Waals surface area contributed by atoms with Crippen molar-refractivity contribution in [1.29, 1.82) is 0 Å². The minimum Gasteiger partial charge on any atom is -0.387 e. The van der Waals surface area contributed by atoms with Crippen LogP contribution < -0.4 is 10.0 Å². The number of nitro groups is 1. The fraction of sp³-hybridized carbons (Fsp3) is 0.500. The molecule has 1 unspecified atom stereocenters. The fourth-order valence-corrected chi connectivity index (χ4v) is 4.82. The van der Waals surface area contributed by atoms with Gasteiger partial charge in [-0.15, -0.1) is 0 Å². The first kappa shape index (κ1) is 16.1. The lowest BCUT2D eigenvalue weighted by atomic mass is 10.2. The molecule has 0 amide bonds. The third kappa shape index (κ3) is 3.86. The van der Waals surface area contributed by atoms with E-state index in [9.17, 15) is 18.5 Å². The molecule has 1 fully saturated rings. The lowest BCUT2D eigenvalue weighted by Crippen LogP contribution is -2.38. The van der Waals surface area contributed by atoms with Crippen LogP contribution in [0.2, 0.25) is 0 Å². The van der Waals surface area contributed by atoms with Crippen LogP contribution in [0.3, 0.4) is 0 Å². The molecule has 1 atom stereocenters. The topological polar surface area (TPSA) is 101 Å². The number of hydrogen-bond donors (Lipinski definition) is 2. The maximum Gasteiger partial charge on any atom is 0.271 e. The average molecular weight is 331 g/mol. The first-order valence-corrected chi connectivity index (χ1v) is 9.14. The number of anilines is 1. The molecule has 1 aliphatic rings. The highest BCUT2D eigenvalue weighted by molar-refractivity contribution is 7.99. The van der Waals surface area contributed by atoms with Crippen molar-refractivity contribution in [2.45, 2.75) is 23.8 Å². The second kappa shape index (κ2) is 6.63. The van der Waals surface area contributed by atoms with Crippen LogP contribution in [0.4, 0.5) is 11.4 Å². The van der Waals surface area contributed by atoms with Gasteiger partial charge in [-0.1, -0.05) is 0 Å². The number of sulfonamides is 1. The highest BCUT2D eigenvalue weighted by Gasteiger charge is 2.25. The summed E-state index contributed by atoms with van der Waals surface area (Å²) < 4.78 is 27.5. The summed E-state index contributed by atoms with van der Waals surface area (Å²) >= 11 is 1.72. The number of benzene rings is 1. The number of nitrogens with zero attached hydrogens (tertiary/aromatic N) is 1. The molecule has 1 aromatic carbocycles. The Bertz CT molecular complexity index is 627. The second-order valence-electron chi connectivity index (χ2n) is 4.72. The third-order valence-corrected chi connectivity index (χ3v) is 6.01. The maximum absolute atomic E-state index is 12.4. The molecule has 1 heterocycles. The van der Waals surface area contributed by atoms with Crippen LogP contribution in [0.25, 0.3) is 0 Å². The van der Waals surface area contributed by atoms with Gasteiger partial charge in [-0.3, -0.25) is 10.1 Å². The molecule has 1 aromatic rings. The van der Waals surface area contributed by atoms with Gasteiger partial charge in [-0.05, 0) is 24.7 Å². The van der Waals surface area contributed by atoms with E-state index in [1.54, 1.807) is 11.8 Å². The van der Waals surface area contributed by atoms with Crippen LogP contribution in [0.1, 0.15) is 12.8 Å². The molecule has 1 aliphatic heterocycles. The molecule has 2 N–H and O–H groups in total. The molecule has 2 rings (SSSR count). The van der Waals surface area contributed by atoms with E-state index in [-0.39, 0.29) is 22.3 Å². The average Bonchev–Trinajstić information content (AvgIpc) is 2.47. The Labute approximate surface area is 127 Å². The molecule has 9 heteroatoms. The van der Waals surface area contributed by atoms with Gasteiger partial charge < -0.3 is 5.32 Å². The zero-order valence-corrected chi connectivity index (χ0v) is 13.2. The van der Waals surface area contributed by atoms with Crippen molar-refractivity contribution in [1.82, 2.24) is 4.72 Å². The first-order valence-electron chi connectivity index (χ1n) is 6.50. The Hall–Kier alpha value is -1.32. The van der Waals surface area contributed by atoms with Crippen molar-refractivity contribution in [3.63, 3.8) is 0 Å². The van der Waals surface area contributed by atoms with E-state index in [0.29, 0.717) is 0 Å². The van der Waals surface area contributed by atoms with Crippen molar-refractivity contribution in [2.75, 3.05) is 23.9 Å². The van der Waals surface area contributed by atoms with Crippen molar-refractivity contribution < 1.29 is 13.3 Å². The Morgan fingerprint density at radius 2 is 2.19 bits per heavy atom. The van der Waals surface area contributed by atoms with E-state index in [0.717, 1.165) is 24.3 Å². The number of nitrogens with one attached hydrogen (secondary N) is 2. The zero-order chi connectivity index (χ0) is 15.5. The number of nitro benzene ring substituents is 1. The van der Waals surface area contributed by atoms with Gasteiger partial charge in [0.2, 0.25) is 10.0 Å². The molecular formula is C12H17N3O4S2. The van der Waals surface area contributed by atoms with E-state index >= 15 is 0 Å². The van der Waals surface area contributed by atoms with Crippen LogP contribution in [0.5, 0.6) is 0 Å². The van der Waals surface area contributed by atoms with Gasteiger partial charge in [0.05, 0.1) is 10.6 Å². The predicted octanol–water partition coefficient (Wildman–Crippen LogP) is 1.81. The smallest absolute Gasteiger partial charge is 0.271 e. The summed E-state index contributed by atoms with van der Waals surface area (Å²) in [5, 5.41) is 13.5. The number of hydrogen-bond acceptors (Lipinski definition) is 6. The predicted molar refractivity (Wildman–Crippen MR) is 83.3 cm³/mol. The molecule has 0 bridgehead atoms. The Morgan fingerprint density at radius 3 is 2.76 bits per heavy atom. The molecular weight excluding hydrogens is 314 g/mol. The van der Waals surface area contributed by atoms with Crippen molar-refractivity contribution >= 4 is 33.2 Å². The zero-order valence-electron chi connectivity index (χ0n) is 11.5. The van der Waals surface area contributed by atoms with Crippen LogP contribution in [0, 0.1) is 10.1 Å². The molecule has 0 aliphatic carbocycles. The van der Waals surface area contributed by atoms with Crippen molar-refractivity contribution in [3.8, 4) is 0 Å². The molecule has 0 aromatic heterocycles. The van der Waals surface area contributed by atoms with Crippen molar-refractivity contribution in [3.05, 3.63) is 28.3 Å². The van der Waals surface area contributed by atoms with Gasteiger partial charge in [-0.25, -0.2) is 13.1 Å². The Morgan fingerprint density at radius 1 is 1.43 bits per heavy atom. The lowest BCUT2D eigenvalue weighted by molar-refractivity contribution is -0.384. The van der Waals surface area contributed by atoms with E-state index in [1.807, 2.05) is 0 Å². The highest BCUT2D eigenvalue weighted by Crippen LogP contribution is 2.27. The summed E-state index contributed by atoms with van der Waals surface area (Å²) in [7, 11) is -2.16. The fourth-order valence-electron chi connectivity index (χ4n) is 2.18. The first-order chi connectivity index (χ1) is 9.94. The van der Waals surface area contributed by atoms with Gasteiger partial charge in [0, 0.05) is 31.0 Å². The van der Waals surface area contributed by atoms with E-state index in [4.69, 9.17) is 0 Å². The normalized spacial score (nSPS) is 19.2. The second-order valence-corrected chi connectivity index (χ2v) is 7.56. The van der Waals surface area contributed by atoms with Gasteiger partial charge in [0.1, 0.15) is 4.90 Å². The summed E-state index contributed by atoms with van der Waals surface area (Å²) in [5.41, 5.74) is 0.0756. The van der Waals surface area contributed by atoms with Gasteiger partial charge in [0.15, 0.2) is 0 Å². The Kier molecular flexibility index (Phi) is 5.07. The largest absolute Gasteiger partial charge is 0.387 e. The summed E-state index contributed by atoms with van der Waals surface area (Å²) in [6.45, 7) is 0. The Balaban J connectivity index is 2.28. The summed E-state index contributed by atoms with van der Waals surface area (Å²) in [6, 6.07) is 3.60. The summed E-state index contributed by atoms with van der Waals surface area (Å²) in [5.74, 6) is 1.80. The molecule has 7 nitrogen and oxygen atoms in total. The van der Waals surface area contributed by atoms with Crippen LogP contribution >= 0.6 is 11.8 Å². The molecule has 0 saturated carbocycles. The molecule has 1 saturated heterocycles. The highest BCUT2D eigenvalue weighted by atomic mass is 32.2. The van der Waals surface area contributed by atoms with Crippen LogP contribution in [-0.4, -0.2) is 37.9 Å². The van der Waals surface area contributed by atoms with Gasteiger partial charge >= 0.3 is 0 Å². The molecule has 0 radical (unpaired) electrons. The standard InChI is InChI=1S/C12H17N3O4S2/c1-13-11-7-10(15(16)17)4-5-12(11)21(18,19)14-9-3-2-6-20-8-9/h4-5,7,9,13-14H,2-3,6,8H2,1H3. The number of non-ortho nitro benzene ring substituents is 1. The lowest BCUT2D eigenvalue weighted by Gasteiger charge is -2.22.